The minimum Gasteiger partial charge on any atom is -0.388 e. The summed E-state index contributed by atoms with van der Waals surface area (Å²) in [5.74, 6) is -1.42. The Hall–Kier alpha value is -7.80. The van der Waals surface area contributed by atoms with Crippen molar-refractivity contribution in [2.75, 3.05) is 116 Å². The molecule has 2 unspecified atom stereocenters. The van der Waals surface area contributed by atoms with Crippen molar-refractivity contribution in [3.63, 3.8) is 0 Å². The average Bonchev–Trinajstić information content (AvgIpc) is 3.52. The van der Waals surface area contributed by atoms with Crippen molar-refractivity contribution in [2.24, 2.45) is 0 Å². The summed E-state index contributed by atoms with van der Waals surface area (Å²) in [6, 6.07) is 15.5. The maximum Gasteiger partial charge on any atom is 0.251 e. The highest BCUT2D eigenvalue weighted by Crippen LogP contribution is 2.16. The Morgan fingerprint density at radius 1 is 0.346 bits per heavy atom. The van der Waals surface area contributed by atoms with Gasteiger partial charge in [-0.2, -0.15) is 0 Å². The summed E-state index contributed by atoms with van der Waals surface area (Å²) in [5.41, 5.74) is 6.47. The summed E-state index contributed by atoms with van der Waals surface area (Å²) >= 11 is 0. The maximum atomic E-state index is 11.6. The molecule has 24 heteroatoms. The standard InChI is InChI=1S/C12H15N3O3.C11H15N3O2.C11H17N.C8H17N3O2.C8H16N2O2.C7H16N2O/c1-13-10(16)7-4-8(11(17)14-2)6-9(5-7)12(18)15-3;1-12-9-5-7(10(15)13-2)4-8(6-9)11(16)14-3;1-4-9-6-10(5-2)8-11(7-9)12-3;1-9-6(4-7(12)10-2)5-8(13)11-3;1-4-7(11)6(9-2)5-8(12)10-3;1-4-7(10)6(9-3)5-8-2/h4-6H,1-3H3,(H,13,16)(H,14,17)(H,15,18);4-6,12H,1-3H3,(H,13,15)(H,14,16);6-8,12H,4-5H2,1-3H3;6,9H,4-5H2,1-3H3,(H,10,12)(H,11,13);6,9H,4-5H2,1-3H3,(H,10,12);6,8-9H,4-5H2,1-3H3. The predicted octanol–water partition coefficient (Wildman–Crippen LogP) is 1.38. The molecule has 0 saturated carbocycles. The van der Waals surface area contributed by atoms with Crippen molar-refractivity contribution >= 4 is 70.2 Å². The van der Waals surface area contributed by atoms with Crippen LogP contribution in [0.2, 0.25) is 0 Å². The number of carbonyl (C=O) groups is 10. The topological polar surface area (TPSA) is 339 Å². The number of Topliss-reactive ketones (excluding diaryl/α,β-unsaturated/α-hetero) is 2. The van der Waals surface area contributed by atoms with E-state index in [1.807, 2.05) is 21.0 Å². The number of hydrogen-bond donors (Lipinski definition) is 14. The molecule has 0 aliphatic heterocycles. The van der Waals surface area contributed by atoms with Gasteiger partial charge in [-0.15, -0.1) is 0 Å². The summed E-state index contributed by atoms with van der Waals surface area (Å²) in [7, 11) is 23.0. The van der Waals surface area contributed by atoms with E-state index in [0.717, 1.165) is 18.5 Å². The molecule has 14 N–H and O–H groups in total. The zero-order chi connectivity index (χ0) is 62.6. The molecule has 0 radical (unpaired) electrons. The normalized spacial score (nSPS) is 10.5. The second-order valence-electron chi connectivity index (χ2n) is 17.2. The smallest absolute Gasteiger partial charge is 0.251 e. The summed E-state index contributed by atoms with van der Waals surface area (Å²) in [6.07, 6.45) is 4.15. The van der Waals surface area contributed by atoms with Crippen LogP contribution in [0.1, 0.15) is 123 Å². The number of amides is 8. The maximum absolute atomic E-state index is 11.6. The largest absolute Gasteiger partial charge is 0.388 e. The second kappa shape index (κ2) is 46.0. The monoisotopic (exact) mass is 1140 g/mol. The van der Waals surface area contributed by atoms with Gasteiger partial charge in [0.2, 0.25) is 17.7 Å². The molecule has 454 valence electrons. The molecule has 0 heterocycles. The third-order valence-electron chi connectivity index (χ3n) is 11.8. The highest BCUT2D eigenvalue weighted by atomic mass is 16.2. The van der Waals surface area contributed by atoms with Gasteiger partial charge in [-0.1, -0.05) is 33.8 Å². The molecular weight excluding hydrogens is 1040 g/mol. The molecule has 3 rings (SSSR count). The first-order valence-corrected chi connectivity index (χ1v) is 26.7. The van der Waals surface area contributed by atoms with Gasteiger partial charge in [-0.25, -0.2) is 0 Å². The third kappa shape index (κ3) is 32.1. The molecule has 3 aromatic rings. The zero-order valence-corrected chi connectivity index (χ0v) is 51.2. The van der Waals surface area contributed by atoms with Crippen molar-refractivity contribution < 1.29 is 47.9 Å². The third-order valence-corrected chi connectivity index (χ3v) is 11.8. The molecule has 81 heavy (non-hydrogen) atoms. The molecule has 2 atom stereocenters. The molecule has 0 aliphatic carbocycles. The van der Waals surface area contributed by atoms with Gasteiger partial charge >= 0.3 is 0 Å². The highest BCUT2D eigenvalue weighted by Gasteiger charge is 2.18. The lowest BCUT2D eigenvalue weighted by Crippen LogP contribution is -2.41. The molecule has 0 spiro atoms. The summed E-state index contributed by atoms with van der Waals surface area (Å²) in [5, 5.41) is 37.6. The lowest BCUT2D eigenvalue weighted by molar-refractivity contribution is -0.126. The van der Waals surface area contributed by atoms with Crippen molar-refractivity contribution in [3.05, 3.63) is 93.5 Å². The number of rotatable bonds is 24. The lowest BCUT2D eigenvalue weighted by Gasteiger charge is -2.13. The summed E-state index contributed by atoms with van der Waals surface area (Å²) in [6.45, 7) is 8.75. The van der Waals surface area contributed by atoms with E-state index in [2.05, 4.69) is 106 Å². The Kier molecular flexibility index (Phi) is 44.0. The lowest BCUT2D eigenvalue weighted by atomic mass is 10.0. The van der Waals surface area contributed by atoms with Crippen LogP contribution in [0.4, 0.5) is 11.4 Å². The van der Waals surface area contributed by atoms with Gasteiger partial charge in [0.05, 0.1) is 12.1 Å². The number of nitrogens with one attached hydrogen (secondary N) is 14. The fourth-order valence-corrected chi connectivity index (χ4v) is 6.76. The number of benzene rings is 3. The van der Waals surface area contributed by atoms with Gasteiger partial charge in [-0.3, -0.25) is 47.9 Å². The Morgan fingerprint density at radius 3 is 0.889 bits per heavy atom. The first-order valence-electron chi connectivity index (χ1n) is 26.7. The second-order valence-corrected chi connectivity index (χ2v) is 17.2. The van der Waals surface area contributed by atoms with Crippen molar-refractivity contribution in [2.45, 2.75) is 90.8 Å². The SMILES string of the molecule is CCC(=O)C(CC(=O)NC)NC.CCC(=O)C(CNC)NC.CCc1cc(CC)cc(NC)c1.CNC(=O)CC(CC(=O)NC)NC.CNC(=O)c1cc(C(=O)NC)cc(C(=O)NC)c1.CNC(=O)c1cc(NC)cc(C(=O)NC)c1. The molecule has 0 aliphatic rings. The van der Waals surface area contributed by atoms with Crippen molar-refractivity contribution in [1.29, 1.82) is 0 Å². The average molecular weight is 1140 g/mol. The van der Waals surface area contributed by atoms with Gasteiger partial charge in [0.1, 0.15) is 5.78 Å². The van der Waals surface area contributed by atoms with E-state index in [1.54, 1.807) is 88.6 Å². The molecule has 0 fully saturated rings. The molecule has 24 nitrogen and oxygen atoms in total. The Morgan fingerprint density at radius 2 is 0.642 bits per heavy atom. The minimum atomic E-state index is -0.356. The quantitative estimate of drug-likeness (QED) is 0.0603. The molecule has 3 aromatic carbocycles. The number of hydrogen-bond acceptors (Lipinski definition) is 16. The van der Waals surface area contributed by atoms with E-state index in [9.17, 15) is 47.9 Å². The van der Waals surface area contributed by atoms with Gasteiger partial charge in [0.15, 0.2) is 5.78 Å². The number of anilines is 2. The zero-order valence-electron chi connectivity index (χ0n) is 51.2. The minimum absolute atomic E-state index is 0.0185. The van der Waals surface area contributed by atoms with E-state index in [4.69, 9.17) is 0 Å². The van der Waals surface area contributed by atoms with Crippen LogP contribution in [0, 0.1) is 0 Å². The summed E-state index contributed by atoms with van der Waals surface area (Å²) < 4.78 is 0. The molecule has 0 bridgehead atoms. The van der Waals surface area contributed by atoms with Crippen LogP contribution in [-0.4, -0.2) is 182 Å². The van der Waals surface area contributed by atoms with Crippen LogP contribution in [-0.2, 0) is 36.8 Å². The first-order chi connectivity index (χ1) is 38.5. The molecule has 0 aromatic heterocycles. The van der Waals surface area contributed by atoms with Gasteiger partial charge in [0, 0.05) is 154 Å². The Bertz CT molecular complexity index is 2240. The van der Waals surface area contributed by atoms with Gasteiger partial charge < -0.3 is 74.4 Å². The fourth-order valence-electron chi connectivity index (χ4n) is 6.76. The van der Waals surface area contributed by atoms with Crippen LogP contribution in [0.3, 0.4) is 0 Å². The van der Waals surface area contributed by atoms with E-state index in [-0.39, 0.29) is 100 Å². The predicted molar refractivity (Wildman–Crippen MR) is 323 cm³/mol. The van der Waals surface area contributed by atoms with E-state index >= 15 is 0 Å². The Balaban J connectivity index is -0.000000911. The van der Waals surface area contributed by atoms with E-state index in [0.29, 0.717) is 43.4 Å². The fraction of sp³-hybridized carbons (Fsp3) is 0.509. The van der Waals surface area contributed by atoms with Crippen molar-refractivity contribution in [1.82, 2.24) is 63.8 Å². The number of likely N-dealkylation sites (N-methyl/N-ethyl adjacent to an activating group) is 3. The summed E-state index contributed by atoms with van der Waals surface area (Å²) in [4.78, 5) is 113. The van der Waals surface area contributed by atoms with Gasteiger partial charge in [0.25, 0.3) is 29.5 Å². The van der Waals surface area contributed by atoms with E-state index < -0.39 is 0 Å². The van der Waals surface area contributed by atoms with Crippen LogP contribution >= 0.6 is 0 Å². The molecular formula is C57H96N14O10. The van der Waals surface area contributed by atoms with Crippen LogP contribution < -0.4 is 74.4 Å². The first kappa shape index (κ1) is 77.4. The molecule has 0 saturated heterocycles. The molecule has 8 amide bonds. The van der Waals surface area contributed by atoms with Crippen LogP contribution in [0.5, 0.6) is 0 Å². The van der Waals surface area contributed by atoms with Crippen LogP contribution in [0.25, 0.3) is 0 Å². The highest BCUT2D eigenvalue weighted by molar-refractivity contribution is 6.04. The number of ketones is 2. The Labute approximate surface area is 480 Å². The number of aryl methyl sites for hydroxylation is 2. The van der Waals surface area contributed by atoms with Crippen LogP contribution in [0.15, 0.2) is 54.6 Å². The number of carbonyl (C=O) groups excluding carboxylic acids is 10. The van der Waals surface area contributed by atoms with Crippen molar-refractivity contribution in [3.8, 4) is 0 Å². The van der Waals surface area contributed by atoms with Gasteiger partial charge in [-0.05, 0) is 101 Å². The van der Waals surface area contributed by atoms with E-state index in [1.165, 1.54) is 56.2 Å².